The molecule has 1 rings (SSSR count). The Morgan fingerprint density at radius 2 is 2.20 bits per heavy atom. The van der Waals surface area contributed by atoms with E-state index in [0.29, 0.717) is 0 Å². The van der Waals surface area contributed by atoms with Crippen LogP contribution in [0.1, 0.15) is 0 Å². The first kappa shape index (κ1) is 6.97. The van der Waals surface area contributed by atoms with Crippen molar-refractivity contribution in [1.29, 1.82) is 5.39 Å². The van der Waals surface area contributed by atoms with Crippen molar-refractivity contribution in [3.63, 3.8) is 0 Å². The van der Waals surface area contributed by atoms with Crippen molar-refractivity contribution in [3.8, 4) is 0 Å². The maximum absolute atomic E-state index is 12.6. The summed E-state index contributed by atoms with van der Waals surface area (Å²) in [5.41, 5.74) is -0.146. The number of benzene rings is 1. The van der Waals surface area contributed by atoms with E-state index < -0.39 is 5.82 Å². The minimum absolute atomic E-state index is 0.0460. The summed E-state index contributed by atoms with van der Waals surface area (Å²) in [6.45, 7) is 0. The van der Waals surface area contributed by atoms with E-state index in [1.54, 1.807) is 0 Å². The highest BCUT2D eigenvalue weighted by Crippen LogP contribution is 2.23. The Morgan fingerprint density at radius 1 is 1.50 bits per heavy atom. The lowest BCUT2D eigenvalue weighted by atomic mass is 10.3. The molecule has 0 spiro atoms. The van der Waals surface area contributed by atoms with Gasteiger partial charge in [0.25, 0.3) is 0 Å². The summed E-state index contributed by atoms with van der Waals surface area (Å²) in [5, 5.41) is 8.12. The topological polar surface area (TPSA) is 28.1 Å². The van der Waals surface area contributed by atoms with Crippen LogP contribution in [-0.2, 0) is 0 Å². The lowest BCUT2D eigenvalue weighted by molar-refractivity contribution is 0.633. The first-order valence-corrected chi connectivity index (χ1v) is 2.92. The van der Waals surface area contributed by atoms with Gasteiger partial charge in [0.1, 0.15) is 0 Å². The van der Waals surface area contributed by atoms with Crippen LogP contribution in [0.5, 0.6) is 0 Å². The van der Waals surface area contributed by atoms with Crippen LogP contribution in [0, 0.1) is 11.2 Å². The zero-order valence-corrected chi connectivity index (χ0v) is 5.64. The highest BCUT2D eigenvalue weighted by molar-refractivity contribution is 6.31. The van der Waals surface area contributed by atoms with Gasteiger partial charge in [-0.25, -0.2) is 0 Å². The quantitative estimate of drug-likeness (QED) is 0.532. The monoisotopic (exact) mass is 157 g/mol. The second-order valence-electron chi connectivity index (χ2n) is 1.67. The molecule has 0 heterocycles. The maximum atomic E-state index is 12.6. The SMILES string of the molecule is N#[N+]c1cccc(Cl)c1F. The lowest BCUT2D eigenvalue weighted by Gasteiger charge is -1.84. The molecule has 0 unspecified atom stereocenters. The molecule has 0 saturated carbocycles. The Morgan fingerprint density at radius 3 is 2.70 bits per heavy atom. The van der Waals surface area contributed by atoms with Crippen LogP contribution in [0.4, 0.5) is 10.1 Å². The van der Waals surface area contributed by atoms with Crippen LogP contribution >= 0.6 is 11.6 Å². The summed E-state index contributed by atoms with van der Waals surface area (Å²) in [6.07, 6.45) is 0. The Labute approximate surface area is 61.9 Å². The zero-order chi connectivity index (χ0) is 7.56. The van der Waals surface area contributed by atoms with Crippen LogP contribution in [0.3, 0.4) is 0 Å². The van der Waals surface area contributed by atoms with Crippen molar-refractivity contribution in [2.24, 2.45) is 0 Å². The fraction of sp³-hybridized carbons (Fsp3) is 0. The van der Waals surface area contributed by atoms with Crippen molar-refractivity contribution >= 4 is 17.3 Å². The molecule has 0 N–H and O–H groups in total. The van der Waals surface area contributed by atoms with Gasteiger partial charge in [-0.2, -0.15) is 4.39 Å². The second-order valence-corrected chi connectivity index (χ2v) is 2.08. The van der Waals surface area contributed by atoms with Gasteiger partial charge in [-0.1, -0.05) is 17.7 Å². The third-order valence-corrected chi connectivity index (χ3v) is 1.33. The van der Waals surface area contributed by atoms with Crippen LogP contribution in [0.25, 0.3) is 4.98 Å². The van der Waals surface area contributed by atoms with E-state index in [2.05, 4.69) is 4.98 Å². The minimum atomic E-state index is -0.702. The van der Waals surface area contributed by atoms with E-state index >= 15 is 0 Å². The number of diazo groups is 1. The number of nitrogens with zero attached hydrogens (tertiary/aromatic N) is 2. The predicted molar refractivity (Wildman–Crippen MR) is 36.2 cm³/mol. The van der Waals surface area contributed by atoms with Gasteiger partial charge in [0, 0.05) is 6.07 Å². The van der Waals surface area contributed by atoms with Crippen molar-refractivity contribution in [2.75, 3.05) is 0 Å². The number of rotatable bonds is 0. The molecule has 0 aliphatic carbocycles. The fourth-order valence-corrected chi connectivity index (χ4v) is 0.739. The van der Waals surface area contributed by atoms with Gasteiger partial charge in [0.05, 0.1) is 5.02 Å². The highest BCUT2D eigenvalue weighted by Gasteiger charge is 2.15. The van der Waals surface area contributed by atoms with E-state index in [1.165, 1.54) is 18.2 Å². The van der Waals surface area contributed by atoms with Crippen LogP contribution in [0.15, 0.2) is 18.2 Å². The molecule has 1 aromatic rings. The normalized spacial score (nSPS) is 8.90. The van der Waals surface area contributed by atoms with Gasteiger partial charge in [-0.3, -0.25) is 0 Å². The van der Waals surface area contributed by atoms with Gasteiger partial charge in [0.2, 0.25) is 11.2 Å². The van der Waals surface area contributed by atoms with Gasteiger partial charge in [-0.15, -0.1) is 0 Å². The summed E-state index contributed by atoms with van der Waals surface area (Å²) < 4.78 is 12.6. The minimum Gasteiger partial charge on any atom is -0.196 e. The standard InChI is InChI=1S/C6H3ClFN2/c7-4-2-1-3-5(10-9)6(4)8/h1-3H/q+1. The van der Waals surface area contributed by atoms with Crippen molar-refractivity contribution < 1.29 is 4.39 Å². The molecule has 4 heteroatoms. The van der Waals surface area contributed by atoms with Crippen molar-refractivity contribution in [1.82, 2.24) is 0 Å². The van der Waals surface area contributed by atoms with E-state index in [0.717, 1.165) is 0 Å². The van der Waals surface area contributed by atoms with Crippen LogP contribution in [-0.4, -0.2) is 0 Å². The Bertz CT molecular complexity index is 292. The second kappa shape index (κ2) is 2.63. The Hall–Kier alpha value is -1.14. The fourth-order valence-electron chi connectivity index (χ4n) is 0.570. The smallest absolute Gasteiger partial charge is 0.196 e. The predicted octanol–water partition coefficient (Wildman–Crippen LogP) is 2.96. The zero-order valence-electron chi connectivity index (χ0n) is 4.88. The first-order valence-electron chi connectivity index (χ1n) is 2.55. The van der Waals surface area contributed by atoms with Crippen molar-refractivity contribution in [2.45, 2.75) is 0 Å². The number of hydrogen-bond donors (Lipinski definition) is 0. The molecule has 0 aromatic heterocycles. The van der Waals surface area contributed by atoms with E-state index in [9.17, 15) is 4.39 Å². The molecule has 2 nitrogen and oxygen atoms in total. The molecule has 0 aliphatic heterocycles. The molecule has 0 amide bonds. The molecule has 10 heavy (non-hydrogen) atoms. The third kappa shape index (κ3) is 1.07. The Balaban J connectivity index is 3.31. The molecule has 0 saturated heterocycles. The summed E-state index contributed by atoms with van der Waals surface area (Å²) in [6, 6.07) is 4.20. The number of hydrogen-bond acceptors (Lipinski definition) is 1. The Kier molecular flexibility index (Phi) is 1.83. The summed E-state index contributed by atoms with van der Waals surface area (Å²) >= 11 is 5.35. The highest BCUT2D eigenvalue weighted by atomic mass is 35.5. The van der Waals surface area contributed by atoms with Crippen LogP contribution in [0.2, 0.25) is 5.02 Å². The summed E-state index contributed by atoms with van der Waals surface area (Å²) in [4.78, 5) is 2.67. The molecule has 0 fully saturated rings. The molecular formula is C6H3ClFN2+. The van der Waals surface area contributed by atoms with Gasteiger partial charge < -0.3 is 0 Å². The van der Waals surface area contributed by atoms with E-state index in [4.69, 9.17) is 17.0 Å². The van der Waals surface area contributed by atoms with Crippen molar-refractivity contribution in [3.05, 3.63) is 34.0 Å². The lowest BCUT2D eigenvalue weighted by Crippen LogP contribution is -1.73. The average Bonchev–Trinajstić information content (AvgIpc) is 1.95. The van der Waals surface area contributed by atoms with E-state index in [-0.39, 0.29) is 10.7 Å². The van der Waals surface area contributed by atoms with Crippen LogP contribution < -0.4 is 0 Å². The molecule has 0 aliphatic rings. The van der Waals surface area contributed by atoms with Gasteiger partial charge in [-0.05, 0) is 6.07 Å². The molecule has 50 valence electrons. The maximum Gasteiger partial charge on any atom is 0.421 e. The first-order chi connectivity index (χ1) is 4.75. The molecule has 0 radical (unpaired) electrons. The third-order valence-electron chi connectivity index (χ3n) is 1.04. The largest absolute Gasteiger partial charge is 0.421 e. The molecule has 0 atom stereocenters. The average molecular weight is 158 g/mol. The summed E-state index contributed by atoms with van der Waals surface area (Å²) in [5.74, 6) is -0.702. The molecular weight excluding hydrogens is 155 g/mol. The summed E-state index contributed by atoms with van der Waals surface area (Å²) in [7, 11) is 0. The van der Waals surface area contributed by atoms with Gasteiger partial charge >= 0.3 is 5.69 Å². The molecule has 1 aromatic carbocycles. The van der Waals surface area contributed by atoms with Gasteiger partial charge in [0.15, 0.2) is 4.98 Å². The van der Waals surface area contributed by atoms with E-state index in [1.807, 2.05) is 0 Å². The number of halogens is 2. The molecule has 0 bridgehead atoms.